The predicted molar refractivity (Wildman–Crippen MR) is 107 cm³/mol. The van der Waals surface area contributed by atoms with Crippen LogP contribution < -0.4 is 5.32 Å². The summed E-state index contributed by atoms with van der Waals surface area (Å²) in [7, 11) is 1.83. The Morgan fingerprint density at radius 1 is 1.08 bits per heavy atom. The summed E-state index contributed by atoms with van der Waals surface area (Å²) in [5, 5.41) is 6.43. The monoisotopic (exact) mass is 352 g/mol. The first-order chi connectivity index (χ1) is 11.9. The zero-order valence-electron chi connectivity index (χ0n) is 15.2. The van der Waals surface area contributed by atoms with Crippen molar-refractivity contribution in [1.29, 1.82) is 0 Å². The number of para-hydroxylation sites is 1. The molecule has 3 aromatic rings. The highest BCUT2D eigenvalue weighted by atomic mass is 32.1. The van der Waals surface area contributed by atoms with E-state index in [-0.39, 0.29) is 11.4 Å². The number of benzene rings is 2. The maximum atomic E-state index is 12.7. The van der Waals surface area contributed by atoms with Gasteiger partial charge in [0.25, 0.3) is 0 Å². The van der Waals surface area contributed by atoms with Crippen molar-refractivity contribution in [3.8, 4) is 0 Å². The van der Waals surface area contributed by atoms with Gasteiger partial charge in [-0.15, -0.1) is 11.3 Å². The second kappa shape index (κ2) is 6.89. The quantitative estimate of drug-likeness (QED) is 0.629. The molecule has 1 aromatic heterocycles. The number of hydrogen-bond donors (Lipinski definition) is 1. The molecule has 4 heteroatoms. The number of rotatable bonds is 3. The van der Waals surface area contributed by atoms with Gasteiger partial charge in [0, 0.05) is 24.0 Å². The Morgan fingerprint density at radius 3 is 2.52 bits per heavy atom. The lowest BCUT2D eigenvalue weighted by Gasteiger charge is -2.25. The number of hydrogen-bond acceptors (Lipinski definition) is 2. The van der Waals surface area contributed by atoms with Gasteiger partial charge in [0.15, 0.2) is 0 Å². The average Bonchev–Trinajstić information content (AvgIpc) is 2.97. The van der Waals surface area contributed by atoms with Gasteiger partial charge in [0.2, 0.25) is 0 Å². The first kappa shape index (κ1) is 17.5. The van der Waals surface area contributed by atoms with Gasteiger partial charge in [-0.25, -0.2) is 4.79 Å². The maximum Gasteiger partial charge on any atom is 0.321 e. The van der Waals surface area contributed by atoms with E-state index in [0.717, 1.165) is 11.3 Å². The number of amides is 2. The minimum atomic E-state index is -0.0908. The highest BCUT2D eigenvalue weighted by Gasteiger charge is 2.20. The van der Waals surface area contributed by atoms with Gasteiger partial charge in [-0.1, -0.05) is 57.2 Å². The van der Waals surface area contributed by atoms with Gasteiger partial charge in [-0.2, -0.15) is 0 Å². The van der Waals surface area contributed by atoms with E-state index in [1.54, 1.807) is 16.2 Å². The normalized spacial score (nSPS) is 11.5. The molecule has 3 rings (SSSR count). The fourth-order valence-electron chi connectivity index (χ4n) is 2.94. The van der Waals surface area contributed by atoms with Crippen LogP contribution in [0.5, 0.6) is 0 Å². The Hall–Kier alpha value is -2.33. The van der Waals surface area contributed by atoms with Crippen molar-refractivity contribution in [3.05, 3.63) is 65.0 Å². The first-order valence-electron chi connectivity index (χ1n) is 8.43. The summed E-state index contributed by atoms with van der Waals surface area (Å²) < 4.78 is 1.25. The molecule has 0 spiro atoms. The standard InChI is InChI=1S/C21H24N2OS/c1-21(2,3)17-10-6-7-11-18(17)22-20(24)23(4)13-15-14-25-19-12-8-5-9-16(15)19/h5-12,14H,13H2,1-4H3,(H,22,24). The van der Waals surface area contributed by atoms with Crippen LogP contribution in [0.25, 0.3) is 10.1 Å². The SMILES string of the molecule is CN(Cc1csc2ccccc12)C(=O)Nc1ccccc1C(C)(C)C. The number of urea groups is 1. The largest absolute Gasteiger partial charge is 0.323 e. The summed E-state index contributed by atoms with van der Waals surface area (Å²) >= 11 is 1.72. The van der Waals surface area contributed by atoms with Crippen molar-refractivity contribution in [2.45, 2.75) is 32.7 Å². The van der Waals surface area contributed by atoms with Crippen molar-refractivity contribution in [1.82, 2.24) is 4.90 Å². The van der Waals surface area contributed by atoms with E-state index in [4.69, 9.17) is 0 Å². The smallest absolute Gasteiger partial charge is 0.321 e. The lowest BCUT2D eigenvalue weighted by atomic mass is 9.86. The fourth-order valence-corrected chi connectivity index (χ4v) is 3.89. The van der Waals surface area contributed by atoms with Crippen LogP contribution in [0.2, 0.25) is 0 Å². The van der Waals surface area contributed by atoms with E-state index in [9.17, 15) is 4.79 Å². The molecule has 2 amide bonds. The number of nitrogens with zero attached hydrogens (tertiary/aromatic N) is 1. The number of carbonyl (C=O) groups excluding carboxylic acids is 1. The number of thiophene rings is 1. The van der Waals surface area contributed by atoms with E-state index in [0.29, 0.717) is 6.54 Å². The van der Waals surface area contributed by atoms with Crippen molar-refractivity contribution in [3.63, 3.8) is 0 Å². The molecule has 2 aromatic carbocycles. The molecule has 1 N–H and O–H groups in total. The van der Waals surface area contributed by atoms with Crippen molar-refractivity contribution in [2.75, 3.05) is 12.4 Å². The molecule has 1 heterocycles. The second-order valence-electron chi connectivity index (χ2n) is 7.34. The number of anilines is 1. The molecule has 0 aliphatic carbocycles. The van der Waals surface area contributed by atoms with Crippen LogP contribution in [-0.2, 0) is 12.0 Å². The van der Waals surface area contributed by atoms with Gasteiger partial charge in [-0.05, 0) is 39.4 Å². The van der Waals surface area contributed by atoms with Crippen LogP contribution >= 0.6 is 11.3 Å². The molecule has 0 unspecified atom stereocenters. The van der Waals surface area contributed by atoms with E-state index in [2.05, 4.69) is 49.7 Å². The Kier molecular flexibility index (Phi) is 4.82. The van der Waals surface area contributed by atoms with E-state index in [1.165, 1.54) is 15.6 Å². The fraction of sp³-hybridized carbons (Fsp3) is 0.286. The minimum absolute atomic E-state index is 0.0218. The van der Waals surface area contributed by atoms with E-state index < -0.39 is 0 Å². The zero-order chi connectivity index (χ0) is 18.0. The average molecular weight is 353 g/mol. The van der Waals surface area contributed by atoms with Crippen LogP contribution in [0.15, 0.2) is 53.9 Å². The Labute approximate surface area is 153 Å². The lowest BCUT2D eigenvalue weighted by molar-refractivity contribution is 0.221. The summed E-state index contributed by atoms with van der Waals surface area (Å²) in [5.74, 6) is 0. The molecule has 0 fully saturated rings. The molecule has 0 aliphatic rings. The summed E-state index contributed by atoms with van der Waals surface area (Å²) in [4.78, 5) is 14.4. The second-order valence-corrected chi connectivity index (χ2v) is 8.25. The van der Waals surface area contributed by atoms with Crippen LogP contribution in [0, 0.1) is 0 Å². The third kappa shape index (κ3) is 3.85. The molecule has 25 heavy (non-hydrogen) atoms. The molecule has 0 saturated heterocycles. The zero-order valence-corrected chi connectivity index (χ0v) is 16.0. The first-order valence-corrected chi connectivity index (χ1v) is 9.31. The predicted octanol–water partition coefficient (Wildman–Crippen LogP) is 5.86. The summed E-state index contributed by atoms with van der Waals surface area (Å²) in [5.41, 5.74) is 3.17. The summed E-state index contributed by atoms with van der Waals surface area (Å²) in [6, 6.07) is 16.2. The van der Waals surface area contributed by atoms with Crippen LogP contribution in [0.4, 0.5) is 10.5 Å². The van der Waals surface area contributed by atoms with E-state index >= 15 is 0 Å². The number of carbonyl (C=O) groups is 1. The summed E-state index contributed by atoms with van der Waals surface area (Å²) in [6.45, 7) is 7.05. The topological polar surface area (TPSA) is 32.3 Å². The van der Waals surface area contributed by atoms with Gasteiger partial charge in [0.1, 0.15) is 0 Å². The van der Waals surface area contributed by atoms with Crippen molar-refractivity contribution >= 4 is 33.1 Å². The third-order valence-corrected chi connectivity index (χ3v) is 5.30. The van der Waals surface area contributed by atoms with Gasteiger partial charge in [0.05, 0.1) is 0 Å². The molecular weight excluding hydrogens is 328 g/mol. The molecule has 0 saturated carbocycles. The van der Waals surface area contributed by atoms with Gasteiger partial charge >= 0.3 is 6.03 Å². The minimum Gasteiger partial charge on any atom is -0.323 e. The van der Waals surface area contributed by atoms with Crippen molar-refractivity contribution < 1.29 is 4.79 Å². The Balaban J connectivity index is 1.76. The molecule has 0 bridgehead atoms. The third-order valence-electron chi connectivity index (χ3n) is 4.29. The molecule has 130 valence electrons. The van der Waals surface area contributed by atoms with Crippen molar-refractivity contribution in [2.24, 2.45) is 0 Å². The lowest BCUT2D eigenvalue weighted by Crippen LogP contribution is -2.31. The molecule has 0 aliphatic heterocycles. The Bertz CT molecular complexity index is 892. The molecule has 0 atom stereocenters. The van der Waals surface area contributed by atoms with Gasteiger partial charge in [-0.3, -0.25) is 0 Å². The molecular formula is C21H24N2OS. The van der Waals surface area contributed by atoms with Crippen LogP contribution in [0.3, 0.4) is 0 Å². The van der Waals surface area contributed by atoms with Crippen LogP contribution in [-0.4, -0.2) is 18.0 Å². The number of fused-ring (bicyclic) bond motifs is 1. The highest BCUT2D eigenvalue weighted by molar-refractivity contribution is 7.17. The maximum absolute atomic E-state index is 12.7. The van der Waals surface area contributed by atoms with E-state index in [1.807, 2.05) is 37.4 Å². The molecule has 3 nitrogen and oxygen atoms in total. The van der Waals surface area contributed by atoms with Crippen LogP contribution in [0.1, 0.15) is 31.9 Å². The Morgan fingerprint density at radius 2 is 1.76 bits per heavy atom. The van der Waals surface area contributed by atoms with Gasteiger partial charge < -0.3 is 10.2 Å². The highest BCUT2D eigenvalue weighted by Crippen LogP contribution is 2.30. The molecule has 0 radical (unpaired) electrons. The number of nitrogens with one attached hydrogen (secondary N) is 1. The summed E-state index contributed by atoms with van der Waals surface area (Å²) in [6.07, 6.45) is 0.